The summed E-state index contributed by atoms with van der Waals surface area (Å²) in [4.78, 5) is 49.8. The van der Waals surface area contributed by atoms with Gasteiger partial charge in [0, 0.05) is 11.6 Å². The van der Waals surface area contributed by atoms with Gasteiger partial charge in [-0.3, -0.25) is 19.4 Å². The number of rotatable bonds is 8. The van der Waals surface area contributed by atoms with Crippen LogP contribution < -0.4 is 15.4 Å². The smallest absolute Gasteiger partial charge is 0.259 e. The van der Waals surface area contributed by atoms with Crippen LogP contribution in [-0.4, -0.2) is 58.1 Å². The minimum Gasteiger partial charge on any atom is -0.492 e. The topological polar surface area (TPSA) is 112 Å². The van der Waals surface area contributed by atoms with E-state index in [4.69, 9.17) is 4.74 Å². The Kier molecular flexibility index (Phi) is 8.07. The Morgan fingerprint density at radius 3 is 2.63 bits per heavy atom. The van der Waals surface area contributed by atoms with Crippen molar-refractivity contribution in [3.05, 3.63) is 54.1 Å². The fourth-order valence-electron chi connectivity index (χ4n) is 4.91. The number of nitrogens with one attached hydrogen (secondary N) is 2. The highest BCUT2D eigenvalue weighted by molar-refractivity contribution is 8.14. The summed E-state index contributed by atoms with van der Waals surface area (Å²) >= 11 is 1.16. The van der Waals surface area contributed by atoms with Gasteiger partial charge in [0.05, 0.1) is 30.2 Å². The van der Waals surface area contributed by atoms with Crippen LogP contribution >= 0.6 is 11.8 Å². The van der Waals surface area contributed by atoms with E-state index in [1.807, 2.05) is 43.3 Å². The Morgan fingerprint density at radius 1 is 1.05 bits per heavy atom. The summed E-state index contributed by atoms with van der Waals surface area (Å²) in [6, 6.07) is 14.0. The van der Waals surface area contributed by atoms with Crippen LogP contribution in [0.3, 0.4) is 0 Å². The molecule has 2 heterocycles. The molecule has 3 aliphatic rings. The van der Waals surface area contributed by atoms with E-state index in [9.17, 15) is 14.4 Å². The van der Waals surface area contributed by atoms with Crippen molar-refractivity contribution in [3.63, 3.8) is 0 Å². The van der Waals surface area contributed by atoms with Crippen molar-refractivity contribution in [1.82, 2.24) is 10.2 Å². The van der Waals surface area contributed by atoms with Gasteiger partial charge in [-0.25, -0.2) is 9.89 Å². The molecule has 198 valence electrons. The van der Waals surface area contributed by atoms with Crippen LogP contribution in [0.2, 0.25) is 0 Å². The second-order valence-corrected chi connectivity index (χ2v) is 10.4. The number of carbonyl (C=O) groups is 3. The lowest BCUT2D eigenvalue weighted by molar-refractivity contribution is -0.129. The molecule has 1 atom stereocenters. The summed E-state index contributed by atoms with van der Waals surface area (Å²) in [5.74, 6) is 0.382. The molecule has 3 amide bonds. The number of aliphatic imine (C=N–C) groups is 2. The number of para-hydroxylation sites is 3. The second-order valence-electron chi connectivity index (χ2n) is 9.43. The van der Waals surface area contributed by atoms with Gasteiger partial charge >= 0.3 is 0 Å². The Bertz CT molecular complexity index is 1290. The molecule has 0 saturated heterocycles. The largest absolute Gasteiger partial charge is 0.492 e. The Hall–Kier alpha value is -3.66. The average molecular weight is 534 g/mol. The molecule has 0 bridgehead atoms. The molecule has 1 fully saturated rings. The van der Waals surface area contributed by atoms with Crippen molar-refractivity contribution >= 4 is 51.9 Å². The molecule has 5 rings (SSSR count). The molecular weight excluding hydrogens is 502 g/mol. The molecule has 9 nitrogen and oxygen atoms in total. The van der Waals surface area contributed by atoms with E-state index in [2.05, 4.69) is 20.6 Å². The summed E-state index contributed by atoms with van der Waals surface area (Å²) in [7, 11) is 0. The maximum absolute atomic E-state index is 13.5. The van der Waals surface area contributed by atoms with Crippen LogP contribution in [0, 0.1) is 0 Å². The van der Waals surface area contributed by atoms with E-state index in [1.165, 1.54) is 11.3 Å². The highest BCUT2D eigenvalue weighted by Crippen LogP contribution is 2.34. The van der Waals surface area contributed by atoms with Crippen molar-refractivity contribution in [2.45, 2.75) is 57.5 Å². The van der Waals surface area contributed by atoms with Crippen molar-refractivity contribution in [3.8, 4) is 5.75 Å². The summed E-state index contributed by atoms with van der Waals surface area (Å²) in [5, 5.41) is 6.32. The Morgan fingerprint density at radius 2 is 1.82 bits per heavy atom. The molecule has 2 aromatic carbocycles. The lowest BCUT2D eigenvalue weighted by atomic mass is 9.95. The van der Waals surface area contributed by atoms with E-state index in [1.54, 1.807) is 12.1 Å². The molecule has 2 aliphatic heterocycles. The highest BCUT2D eigenvalue weighted by Gasteiger charge is 2.42. The van der Waals surface area contributed by atoms with Gasteiger partial charge in [0.15, 0.2) is 5.17 Å². The normalized spacial score (nSPS) is 18.7. The van der Waals surface area contributed by atoms with E-state index in [-0.39, 0.29) is 35.9 Å². The molecule has 1 aliphatic carbocycles. The van der Waals surface area contributed by atoms with E-state index in [0.29, 0.717) is 34.7 Å². The van der Waals surface area contributed by atoms with Gasteiger partial charge in [0.2, 0.25) is 11.8 Å². The molecule has 0 spiro atoms. The van der Waals surface area contributed by atoms with Gasteiger partial charge in [-0.2, -0.15) is 0 Å². The molecular formula is C28H31N5O4S. The van der Waals surface area contributed by atoms with E-state index >= 15 is 0 Å². The van der Waals surface area contributed by atoms with Crippen molar-refractivity contribution in [2.75, 3.05) is 17.7 Å². The number of thioether (sulfide) groups is 1. The van der Waals surface area contributed by atoms with Crippen LogP contribution in [0.4, 0.5) is 11.4 Å². The molecule has 10 heteroatoms. The second kappa shape index (κ2) is 11.8. The van der Waals surface area contributed by atoms with Crippen LogP contribution in [-0.2, 0) is 14.4 Å². The van der Waals surface area contributed by atoms with E-state index < -0.39 is 6.04 Å². The van der Waals surface area contributed by atoms with Gasteiger partial charge in [0.1, 0.15) is 17.6 Å². The Labute approximate surface area is 226 Å². The summed E-state index contributed by atoms with van der Waals surface area (Å²) < 4.78 is 5.59. The fraction of sp³-hybridized carbons (Fsp3) is 0.393. The third-order valence-electron chi connectivity index (χ3n) is 6.69. The number of amides is 3. The molecule has 1 unspecified atom stereocenters. The van der Waals surface area contributed by atoms with Gasteiger partial charge in [0.25, 0.3) is 5.91 Å². The summed E-state index contributed by atoms with van der Waals surface area (Å²) in [6.45, 7) is 2.36. The molecule has 1 saturated carbocycles. The summed E-state index contributed by atoms with van der Waals surface area (Å²) in [6.07, 6.45) is 5.37. The van der Waals surface area contributed by atoms with Crippen molar-refractivity contribution < 1.29 is 19.1 Å². The van der Waals surface area contributed by atoms with Gasteiger partial charge in [-0.15, -0.1) is 0 Å². The summed E-state index contributed by atoms with van der Waals surface area (Å²) in [5.41, 5.74) is 1.99. The number of hydrogen-bond acceptors (Lipinski definition) is 7. The van der Waals surface area contributed by atoms with Gasteiger partial charge < -0.3 is 15.4 Å². The first-order chi connectivity index (χ1) is 18.5. The van der Waals surface area contributed by atoms with Crippen LogP contribution in [0.25, 0.3) is 0 Å². The number of ether oxygens (including phenoxy) is 1. The van der Waals surface area contributed by atoms with E-state index in [0.717, 1.165) is 43.0 Å². The predicted octanol–water partition coefficient (Wildman–Crippen LogP) is 4.25. The first kappa shape index (κ1) is 26.0. The third kappa shape index (κ3) is 5.75. The van der Waals surface area contributed by atoms with Crippen molar-refractivity contribution in [1.29, 1.82) is 0 Å². The molecule has 0 aromatic heterocycles. The number of benzene rings is 2. The maximum Gasteiger partial charge on any atom is 0.259 e. The number of hydrogen-bond donors (Lipinski definition) is 2. The zero-order valence-electron chi connectivity index (χ0n) is 21.3. The number of anilines is 1. The molecule has 0 radical (unpaired) electrons. The Balaban J connectivity index is 1.29. The number of carbonyl (C=O) groups excluding carboxylic acids is 3. The minimum atomic E-state index is -0.822. The highest BCUT2D eigenvalue weighted by atomic mass is 32.2. The standard InChI is InChI=1S/C28H31N5O4S/c1-2-37-23-15-9-8-14-21(23)30-25(35)17-38-28-32-20-13-7-6-12-19(20)26-31-22(27(36)33(26)28)16-24(34)29-18-10-4-3-5-11-18/h6-9,12-15,18,22H,2-5,10-11,16-17H2,1H3,(H,29,34)(H,30,35). The van der Waals surface area contributed by atoms with Gasteiger partial charge in [-0.05, 0) is 44.0 Å². The molecule has 2 aromatic rings. The third-order valence-corrected chi connectivity index (χ3v) is 7.63. The maximum atomic E-state index is 13.5. The zero-order valence-corrected chi connectivity index (χ0v) is 22.1. The first-order valence-electron chi connectivity index (χ1n) is 13.1. The zero-order chi connectivity index (χ0) is 26.5. The lowest BCUT2D eigenvalue weighted by Gasteiger charge is -2.25. The molecule has 38 heavy (non-hydrogen) atoms. The van der Waals surface area contributed by atoms with Crippen LogP contribution in [0.15, 0.2) is 58.5 Å². The number of amidine groups is 2. The SMILES string of the molecule is CCOc1ccccc1NC(=O)CSC1=Nc2ccccc2C2=NC(CC(=O)NC3CCCCC3)C(=O)N12. The molecule has 2 N–H and O–H groups in total. The monoisotopic (exact) mass is 533 g/mol. The van der Waals surface area contributed by atoms with Crippen LogP contribution in [0.1, 0.15) is 51.0 Å². The van der Waals surface area contributed by atoms with Gasteiger partial charge in [-0.1, -0.05) is 55.3 Å². The lowest BCUT2D eigenvalue weighted by Crippen LogP contribution is -2.43. The van der Waals surface area contributed by atoms with Crippen molar-refractivity contribution in [2.24, 2.45) is 9.98 Å². The fourth-order valence-corrected chi connectivity index (χ4v) is 5.71. The first-order valence-corrected chi connectivity index (χ1v) is 14.1. The predicted molar refractivity (Wildman–Crippen MR) is 149 cm³/mol. The number of nitrogens with zero attached hydrogens (tertiary/aromatic N) is 3. The minimum absolute atomic E-state index is 0.00978. The van der Waals surface area contributed by atoms with Crippen LogP contribution in [0.5, 0.6) is 5.75 Å². The average Bonchev–Trinajstić information content (AvgIpc) is 3.25. The number of fused-ring (bicyclic) bond motifs is 3. The quantitative estimate of drug-likeness (QED) is 0.527.